The molecule has 2 aromatic carbocycles. The Balaban J connectivity index is 1.53. The van der Waals surface area contributed by atoms with E-state index in [1.165, 1.54) is 6.26 Å². The van der Waals surface area contributed by atoms with E-state index in [9.17, 15) is 9.59 Å². The van der Waals surface area contributed by atoms with Crippen LogP contribution in [0.4, 0.5) is 16.2 Å². The van der Waals surface area contributed by atoms with Crippen LogP contribution in [-0.2, 0) is 11.2 Å². The molecule has 3 amide bonds. The third-order valence-corrected chi connectivity index (χ3v) is 3.75. The van der Waals surface area contributed by atoms with Crippen LogP contribution in [0.25, 0.3) is 11.5 Å². The maximum atomic E-state index is 12.2. The Labute approximate surface area is 162 Å². The third kappa shape index (κ3) is 5.31. The van der Waals surface area contributed by atoms with E-state index in [1.54, 1.807) is 30.3 Å². The smallest absolute Gasteiger partial charge is 0.319 e. The van der Waals surface area contributed by atoms with Crippen LogP contribution in [0.2, 0.25) is 0 Å². The molecule has 1 heterocycles. The van der Waals surface area contributed by atoms with Crippen molar-refractivity contribution in [2.24, 2.45) is 0 Å². The second-order valence-electron chi connectivity index (χ2n) is 5.94. The van der Waals surface area contributed by atoms with Gasteiger partial charge in [-0.3, -0.25) is 4.79 Å². The fourth-order valence-electron chi connectivity index (χ4n) is 2.45. The lowest BCUT2D eigenvalue weighted by Crippen LogP contribution is -2.28. The average molecular weight is 376 g/mol. The number of anilines is 2. The number of carbonyl (C=O) groups is 2. The normalized spacial score (nSPS) is 10.1. The Hall–Kier alpha value is -3.87. The van der Waals surface area contributed by atoms with Gasteiger partial charge in [-0.05, 0) is 36.4 Å². The molecule has 0 fully saturated rings. The summed E-state index contributed by atoms with van der Waals surface area (Å²) in [5, 5.41) is 8.09. The maximum Gasteiger partial charge on any atom is 0.319 e. The number of aromatic nitrogens is 1. The van der Waals surface area contributed by atoms with Crippen molar-refractivity contribution in [2.75, 3.05) is 17.2 Å². The number of nitrogens with one attached hydrogen (secondary N) is 3. The van der Waals surface area contributed by atoms with E-state index >= 15 is 0 Å². The summed E-state index contributed by atoms with van der Waals surface area (Å²) in [7, 11) is 0. The van der Waals surface area contributed by atoms with Crippen LogP contribution in [0, 0.1) is 0 Å². The minimum Gasteiger partial charge on any atom is -0.444 e. The molecule has 0 saturated carbocycles. The number of rotatable bonds is 7. The van der Waals surface area contributed by atoms with Crippen LogP contribution in [0.5, 0.6) is 0 Å². The molecule has 3 aromatic rings. The highest BCUT2D eigenvalue weighted by molar-refractivity contribution is 5.93. The van der Waals surface area contributed by atoms with Gasteiger partial charge in [-0.15, -0.1) is 6.58 Å². The highest BCUT2D eigenvalue weighted by atomic mass is 16.3. The summed E-state index contributed by atoms with van der Waals surface area (Å²) in [6, 6.07) is 16.0. The highest BCUT2D eigenvalue weighted by Gasteiger charge is 2.11. The minimum atomic E-state index is -0.322. The lowest BCUT2D eigenvalue weighted by atomic mass is 10.2. The Morgan fingerprint density at radius 3 is 2.36 bits per heavy atom. The molecule has 0 radical (unpaired) electrons. The van der Waals surface area contributed by atoms with Gasteiger partial charge in [0.15, 0.2) is 0 Å². The van der Waals surface area contributed by atoms with E-state index in [1.807, 2.05) is 30.3 Å². The van der Waals surface area contributed by atoms with Crippen LogP contribution in [-0.4, -0.2) is 23.5 Å². The summed E-state index contributed by atoms with van der Waals surface area (Å²) >= 11 is 0. The number of carbonyl (C=O) groups excluding carboxylic acids is 2. The quantitative estimate of drug-likeness (QED) is 0.546. The molecule has 0 aliphatic carbocycles. The van der Waals surface area contributed by atoms with Crippen molar-refractivity contribution in [3.8, 4) is 11.5 Å². The molecule has 0 aliphatic rings. The first kappa shape index (κ1) is 18.9. The summed E-state index contributed by atoms with van der Waals surface area (Å²) in [6.07, 6.45) is 3.17. The maximum absolute atomic E-state index is 12.2. The lowest BCUT2D eigenvalue weighted by Gasteiger charge is -2.08. The van der Waals surface area contributed by atoms with E-state index in [0.29, 0.717) is 29.5 Å². The molecule has 0 aliphatic heterocycles. The zero-order valence-electron chi connectivity index (χ0n) is 15.1. The summed E-state index contributed by atoms with van der Waals surface area (Å²) < 4.78 is 5.44. The lowest BCUT2D eigenvalue weighted by molar-refractivity contribution is -0.115. The van der Waals surface area contributed by atoms with E-state index in [2.05, 4.69) is 27.5 Å². The van der Waals surface area contributed by atoms with Gasteiger partial charge in [0.05, 0.1) is 12.1 Å². The zero-order chi connectivity index (χ0) is 19.8. The van der Waals surface area contributed by atoms with Gasteiger partial charge in [0.1, 0.15) is 6.26 Å². The number of hydrogen-bond donors (Lipinski definition) is 3. The molecule has 28 heavy (non-hydrogen) atoms. The highest BCUT2D eigenvalue weighted by Crippen LogP contribution is 2.19. The number of hydrogen-bond acceptors (Lipinski definition) is 4. The number of benzene rings is 2. The van der Waals surface area contributed by atoms with Crippen LogP contribution in [0.1, 0.15) is 5.69 Å². The third-order valence-electron chi connectivity index (χ3n) is 3.75. The van der Waals surface area contributed by atoms with Crippen LogP contribution in [0.3, 0.4) is 0 Å². The van der Waals surface area contributed by atoms with Gasteiger partial charge in [-0.25, -0.2) is 9.78 Å². The Morgan fingerprint density at radius 2 is 1.68 bits per heavy atom. The predicted molar refractivity (Wildman–Crippen MR) is 108 cm³/mol. The van der Waals surface area contributed by atoms with Crippen molar-refractivity contribution in [3.05, 3.63) is 79.2 Å². The molecule has 0 atom stereocenters. The molecular formula is C21H20N4O3. The van der Waals surface area contributed by atoms with Crippen LogP contribution < -0.4 is 16.0 Å². The molecule has 7 nitrogen and oxygen atoms in total. The predicted octanol–water partition coefficient (Wildman–Crippen LogP) is 3.83. The summed E-state index contributed by atoms with van der Waals surface area (Å²) in [4.78, 5) is 28.2. The monoisotopic (exact) mass is 376 g/mol. The summed E-state index contributed by atoms with van der Waals surface area (Å²) in [5.41, 5.74) is 2.64. The number of nitrogens with zero attached hydrogens (tertiary/aromatic N) is 1. The summed E-state index contributed by atoms with van der Waals surface area (Å²) in [5.74, 6) is 0.269. The molecule has 0 spiro atoms. The minimum absolute atomic E-state index is 0.0975. The number of urea groups is 1. The molecule has 0 unspecified atom stereocenters. The molecule has 3 rings (SSSR count). The molecule has 142 valence electrons. The van der Waals surface area contributed by atoms with Gasteiger partial charge in [0, 0.05) is 23.5 Å². The van der Waals surface area contributed by atoms with Gasteiger partial charge in [-0.1, -0.05) is 24.3 Å². The number of amides is 3. The molecule has 0 bridgehead atoms. The first-order valence-electron chi connectivity index (χ1n) is 8.69. The van der Waals surface area contributed by atoms with E-state index < -0.39 is 0 Å². The van der Waals surface area contributed by atoms with Crippen molar-refractivity contribution in [2.45, 2.75) is 6.42 Å². The molecule has 7 heteroatoms. The van der Waals surface area contributed by atoms with Crippen LogP contribution >= 0.6 is 0 Å². The molecule has 0 saturated heterocycles. The van der Waals surface area contributed by atoms with E-state index in [-0.39, 0.29) is 18.4 Å². The van der Waals surface area contributed by atoms with Gasteiger partial charge in [-0.2, -0.15) is 0 Å². The molecular weight excluding hydrogens is 356 g/mol. The second-order valence-corrected chi connectivity index (χ2v) is 5.94. The van der Waals surface area contributed by atoms with Crippen molar-refractivity contribution >= 4 is 23.3 Å². The molecule has 3 N–H and O–H groups in total. The van der Waals surface area contributed by atoms with Crippen molar-refractivity contribution in [3.63, 3.8) is 0 Å². The Bertz CT molecular complexity index is 949. The second kappa shape index (κ2) is 9.18. The van der Waals surface area contributed by atoms with Crippen molar-refractivity contribution in [1.82, 2.24) is 10.3 Å². The van der Waals surface area contributed by atoms with Crippen molar-refractivity contribution < 1.29 is 14.0 Å². The fraction of sp³-hybridized carbons (Fsp3) is 0.0952. The fourth-order valence-corrected chi connectivity index (χ4v) is 2.45. The summed E-state index contributed by atoms with van der Waals surface area (Å²) in [6.45, 7) is 3.92. The van der Waals surface area contributed by atoms with Gasteiger partial charge in [0.25, 0.3) is 0 Å². The van der Waals surface area contributed by atoms with Crippen molar-refractivity contribution in [1.29, 1.82) is 0 Å². The average Bonchev–Trinajstić information content (AvgIpc) is 3.17. The van der Waals surface area contributed by atoms with Gasteiger partial charge in [0.2, 0.25) is 11.8 Å². The largest absolute Gasteiger partial charge is 0.444 e. The number of oxazole rings is 1. The Kier molecular flexibility index (Phi) is 6.20. The topological polar surface area (TPSA) is 96.3 Å². The SMILES string of the molecule is C=CCNC(=O)Nc1ccc(NC(=O)Cc2coc(-c3ccccc3)n2)cc1. The zero-order valence-corrected chi connectivity index (χ0v) is 15.1. The Morgan fingerprint density at radius 1 is 1.00 bits per heavy atom. The van der Waals surface area contributed by atoms with Crippen LogP contribution in [0.15, 0.2) is 77.9 Å². The van der Waals surface area contributed by atoms with E-state index in [0.717, 1.165) is 5.56 Å². The first-order chi connectivity index (χ1) is 13.6. The standard InChI is InChI=1S/C21H20N4O3/c1-2-12-22-21(27)25-17-10-8-16(9-11-17)23-19(26)13-18-14-28-20(24-18)15-6-4-3-5-7-15/h2-11,14H,1,12-13H2,(H,23,26)(H2,22,25,27). The van der Waals surface area contributed by atoms with Gasteiger partial charge < -0.3 is 20.4 Å². The van der Waals surface area contributed by atoms with Gasteiger partial charge >= 0.3 is 6.03 Å². The van der Waals surface area contributed by atoms with E-state index in [4.69, 9.17) is 4.42 Å². The first-order valence-corrected chi connectivity index (χ1v) is 8.69. The molecule has 1 aromatic heterocycles.